The third kappa shape index (κ3) is 2.50. The molecule has 1 aromatic carbocycles. The molecule has 0 spiro atoms. The van der Waals surface area contributed by atoms with E-state index in [9.17, 15) is 4.79 Å². The molecule has 3 nitrogen and oxygen atoms in total. The van der Waals surface area contributed by atoms with Crippen LogP contribution in [0.3, 0.4) is 0 Å². The van der Waals surface area contributed by atoms with E-state index in [2.05, 4.69) is 37.0 Å². The Balaban J connectivity index is 1.94. The maximum absolute atomic E-state index is 11.4. The minimum absolute atomic E-state index is 0.0411. The van der Waals surface area contributed by atoms with Crippen LogP contribution < -0.4 is 0 Å². The second-order valence-corrected chi connectivity index (χ2v) is 6.38. The van der Waals surface area contributed by atoms with Crippen molar-refractivity contribution in [3.05, 3.63) is 35.5 Å². The van der Waals surface area contributed by atoms with Crippen molar-refractivity contribution in [2.75, 3.05) is 6.61 Å². The second-order valence-electron chi connectivity index (χ2n) is 6.38. The summed E-state index contributed by atoms with van der Waals surface area (Å²) >= 11 is 0. The van der Waals surface area contributed by atoms with E-state index in [0.29, 0.717) is 11.6 Å². The lowest BCUT2D eigenvalue weighted by atomic mass is 9.83. The van der Waals surface area contributed by atoms with Gasteiger partial charge in [-0.25, -0.2) is 0 Å². The SMILES string of the molecule is CC(=O)c1cc2cc([C@H]3CCOC(C)(C)C3)ccc2[nH]1. The van der Waals surface area contributed by atoms with Crippen LogP contribution in [-0.2, 0) is 4.74 Å². The molecular formula is C17H21NO2. The summed E-state index contributed by atoms with van der Waals surface area (Å²) in [6, 6.07) is 8.42. The summed E-state index contributed by atoms with van der Waals surface area (Å²) in [4.78, 5) is 14.6. The van der Waals surface area contributed by atoms with Gasteiger partial charge in [-0.15, -0.1) is 0 Å². The van der Waals surface area contributed by atoms with Crippen LogP contribution in [0, 0.1) is 0 Å². The third-order valence-corrected chi connectivity index (χ3v) is 4.19. The molecule has 1 aliphatic rings. The maximum atomic E-state index is 11.4. The van der Waals surface area contributed by atoms with Crippen LogP contribution in [-0.4, -0.2) is 23.0 Å². The van der Waals surface area contributed by atoms with Crippen molar-refractivity contribution in [2.45, 2.75) is 45.1 Å². The smallest absolute Gasteiger partial charge is 0.175 e. The van der Waals surface area contributed by atoms with Gasteiger partial charge in [0.05, 0.1) is 11.3 Å². The number of H-pyrrole nitrogens is 1. The fourth-order valence-corrected chi connectivity index (χ4v) is 3.11. The molecule has 2 aromatic rings. The quantitative estimate of drug-likeness (QED) is 0.837. The van der Waals surface area contributed by atoms with Gasteiger partial charge in [-0.05, 0) is 56.4 Å². The van der Waals surface area contributed by atoms with Crippen LogP contribution in [0.25, 0.3) is 10.9 Å². The van der Waals surface area contributed by atoms with Crippen molar-refractivity contribution in [1.82, 2.24) is 4.98 Å². The van der Waals surface area contributed by atoms with E-state index in [0.717, 1.165) is 30.4 Å². The van der Waals surface area contributed by atoms with Crippen LogP contribution in [0.4, 0.5) is 0 Å². The fourth-order valence-electron chi connectivity index (χ4n) is 3.11. The molecule has 1 fully saturated rings. The molecule has 1 aliphatic heterocycles. The number of carbonyl (C=O) groups excluding carboxylic acids is 1. The van der Waals surface area contributed by atoms with Crippen molar-refractivity contribution in [1.29, 1.82) is 0 Å². The lowest BCUT2D eigenvalue weighted by molar-refractivity contribution is -0.0592. The fraction of sp³-hybridized carbons (Fsp3) is 0.471. The number of aromatic amines is 1. The third-order valence-electron chi connectivity index (χ3n) is 4.19. The second kappa shape index (κ2) is 4.74. The highest BCUT2D eigenvalue weighted by molar-refractivity contribution is 5.98. The van der Waals surface area contributed by atoms with Crippen molar-refractivity contribution < 1.29 is 9.53 Å². The number of nitrogens with one attached hydrogen (secondary N) is 1. The van der Waals surface area contributed by atoms with Gasteiger partial charge in [-0.1, -0.05) is 6.07 Å². The number of hydrogen-bond acceptors (Lipinski definition) is 2. The molecule has 20 heavy (non-hydrogen) atoms. The van der Waals surface area contributed by atoms with E-state index in [4.69, 9.17) is 4.74 Å². The number of ether oxygens (including phenoxy) is 1. The minimum atomic E-state index is -0.0411. The van der Waals surface area contributed by atoms with Crippen molar-refractivity contribution in [3.8, 4) is 0 Å². The van der Waals surface area contributed by atoms with Crippen LogP contribution >= 0.6 is 0 Å². The Morgan fingerprint density at radius 1 is 1.35 bits per heavy atom. The Bertz CT molecular complexity index is 654. The van der Waals surface area contributed by atoms with Crippen LogP contribution in [0.15, 0.2) is 24.3 Å². The molecule has 0 aliphatic carbocycles. The molecule has 0 bridgehead atoms. The zero-order valence-electron chi connectivity index (χ0n) is 12.3. The predicted octanol–water partition coefficient (Wildman–Crippen LogP) is 4.04. The summed E-state index contributed by atoms with van der Waals surface area (Å²) < 4.78 is 5.79. The number of Topliss-reactive ketones (excluding diaryl/α,β-unsaturated/α-hetero) is 1. The molecule has 2 heterocycles. The average Bonchev–Trinajstić information content (AvgIpc) is 2.80. The molecule has 1 N–H and O–H groups in total. The normalized spacial score (nSPS) is 22.1. The number of aromatic nitrogens is 1. The van der Waals surface area contributed by atoms with E-state index in [-0.39, 0.29) is 11.4 Å². The first-order valence-corrected chi connectivity index (χ1v) is 7.22. The van der Waals surface area contributed by atoms with E-state index in [1.54, 1.807) is 6.92 Å². The highest BCUT2D eigenvalue weighted by Crippen LogP contribution is 2.36. The van der Waals surface area contributed by atoms with Gasteiger partial charge in [0.2, 0.25) is 0 Å². The monoisotopic (exact) mass is 271 g/mol. The highest BCUT2D eigenvalue weighted by atomic mass is 16.5. The van der Waals surface area contributed by atoms with Gasteiger partial charge in [0.1, 0.15) is 0 Å². The molecule has 1 saturated heterocycles. The molecule has 1 atom stereocenters. The van der Waals surface area contributed by atoms with Crippen LogP contribution in [0.1, 0.15) is 55.6 Å². The summed E-state index contributed by atoms with van der Waals surface area (Å²) in [6.45, 7) is 6.72. The van der Waals surface area contributed by atoms with Crippen LogP contribution in [0.2, 0.25) is 0 Å². The number of carbonyl (C=O) groups is 1. The molecular weight excluding hydrogens is 250 g/mol. The van der Waals surface area contributed by atoms with E-state index in [1.807, 2.05) is 6.07 Å². The number of hydrogen-bond donors (Lipinski definition) is 1. The van der Waals surface area contributed by atoms with Gasteiger partial charge in [-0.2, -0.15) is 0 Å². The van der Waals surface area contributed by atoms with Crippen molar-refractivity contribution in [3.63, 3.8) is 0 Å². The molecule has 0 saturated carbocycles. The van der Waals surface area contributed by atoms with Crippen molar-refractivity contribution in [2.24, 2.45) is 0 Å². The Kier molecular flexibility index (Phi) is 3.17. The van der Waals surface area contributed by atoms with Gasteiger partial charge in [0, 0.05) is 24.4 Å². The van der Waals surface area contributed by atoms with Gasteiger partial charge in [0.25, 0.3) is 0 Å². The predicted molar refractivity (Wildman–Crippen MR) is 80.3 cm³/mol. The Morgan fingerprint density at radius 3 is 2.85 bits per heavy atom. The summed E-state index contributed by atoms with van der Waals surface area (Å²) in [5.41, 5.74) is 3.03. The Morgan fingerprint density at radius 2 is 2.15 bits per heavy atom. The summed E-state index contributed by atoms with van der Waals surface area (Å²) in [6.07, 6.45) is 2.11. The molecule has 0 unspecified atom stereocenters. The summed E-state index contributed by atoms with van der Waals surface area (Å²) in [5.74, 6) is 0.619. The minimum Gasteiger partial charge on any atom is -0.376 e. The lowest BCUT2D eigenvalue weighted by Crippen LogP contribution is -2.32. The Hall–Kier alpha value is -1.61. The lowest BCUT2D eigenvalue weighted by Gasteiger charge is -2.35. The van der Waals surface area contributed by atoms with E-state index < -0.39 is 0 Å². The van der Waals surface area contributed by atoms with Gasteiger partial charge >= 0.3 is 0 Å². The number of fused-ring (bicyclic) bond motifs is 1. The van der Waals surface area contributed by atoms with Crippen LogP contribution in [0.5, 0.6) is 0 Å². The van der Waals surface area contributed by atoms with Crippen molar-refractivity contribution >= 4 is 16.7 Å². The zero-order chi connectivity index (χ0) is 14.3. The highest BCUT2D eigenvalue weighted by Gasteiger charge is 2.29. The largest absolute Gasteiger partial charge is 0.376 e. The summed E-state index contributed by atoms with van der Waals surface area (Å²) in [5, 5.41) is 1.12. The standard InChI is InChI=1S/C17H21NO2/c1-11(19)16-9-14-8-12(4-5-15(14)18-16)13-6-7-20-17(2,3)10-13/h4-5,8-9,13,18H,6-7,10H2,1-3H3/t13-/m0/s1. The average molecular weight is 271 g/mol. The summed E-state index contributed by atoms with van der Waals surface area (Å²) in [7, 11) is 0. The Labute approximate surface area is 119 Å². The first-order chi connectivity index (χ1) is 9.44. The van der Waals surface area contributed by atoms with Gasteiger partial charge in [-0.3, -0.25) is 4.79 Å². The zero-order valence-corrected chi connectivity index (χ0v) is 12.3. The van der Waals surface area contributed by atoms with E-state index in [1.165, 1.54) is 5.56 Å². The molecule has 106 valence electrons. The molecule has 3 rings (SSSR count). The van der Waals surface area contributed by atoms with Gasteiger partial charge in [0.15, 0.2) is 5.78 Å². The molecule has 0 amide bonds. The molecule has 3 heteroatoms. The topological polar surface area (TPSA) is 42.1 Å². The number of ketones is 1. The maximum Gasteiger partial charge on any atom is 0.175 e. The first-order valence-electron chi connectivity index (χ1n) is 7.22. The molecule has 1 aromatic heterocycles. The van der Waals surface area contributed by atoms with Gasteiger partial charge < -0.3 is 9.72 Å². The number of rotatable bonds is 2. The molecule has 0 radical (unpaired) electrons. The van der Waals surface area contributed by atoms with E-state index >= 15 is 0 Å². The first kappa shape index (κ1) is 13.4. The number of benzene rings is 1.